The van der Waals surface area contributed by atoms with Crippen LogP contribution in [-0.4, -0.2) is 62.6 Å². The van der Waals surface area contributed by atoms with Gasteiger partial charge in [-0.3, -0.25) is 9.59 Å². The van der Waals surface area contributed by atoms with E-state index in [9.17, 15) is 14.4 Å². The van der Waals surface area contributed by atoms with Crippen LogP contribution in [0.5, 0.6) is 0 Å². The smallest absolute Gasteiger partial charge is 0.409 e. The number of rotatable bonds is 6. The van der Waals surface area contributed by atoms with E-state index < -0.39 is 0 Å². The minimum Gasteiger partial charge on any atom is -0.450 e. The Morgan fingerprint density at radius 1 is 1.11 bits per heavy atom. The maximum Gasteiger partial charge on any atom is 0.409 e. The molecule has 8 heteroatoms. The first-order valence-electron chi connectivity index (χ1n) is 9.17. The Labute approximate surface area is 159 Å². The van der Waals surface area contributed by atoms with Crippen LogP contribution in [0.1, 0.15) is 26.2 Å². The molecule has 1 aromatic carbocycles. The van der Waals surface area contributed by atoms with Gasteiger partial charge in [0.2, 0.25) is 11.8 Å². The second-order valence-corrected chi connectivity index (χ2v) is 6.69. The van der Waals surface area contributed by atoms with Crippen molar-refractivity contribution in [2.75, 3.05) is 44.0 Å². The van der Waals surface area contributed by atoms with Crippen LogP contribution in [0.25, 0.3) is 0 Å². The van der Waals surface area contributed by atoms with Gasteiger partial charge in [0.05, 0.1) is 6.61 Å². The molecule has 2 N–H and O–H groups in total. The van der Waals surface area contributed by atoms with Crippen molar-refractivity contribution in [2.24, 2.45) is 0 Å². The molecule has 0 spiro atoms. The summed E-state index contributed by atoms with van der Waals surface area (Å²) in [7, 11) is 3.88. The van der Waals surface area contributed by atoms with Crippen LogP contribution in [-0.2, 0) is 14.3 Å². The lowest BCUT2D eigenvalue weighted by Gasteiger charge is -2.31. The molecule has 0 radical (unpaired) electrons. The highest BCUT2D eigenvalue weighted by atomic mass is 16.6. The third kappa shape index (κ3) is 6.47. The van der Waals surface area contributed by atoms with Gasteiger partial charge in [-0.15, -0.1) is 0 Å². The van der Waals surface area contributed by atoms with Crippen LogP contribution in [0.15, 0.2) is 24.3 Å². The second kappa shape index (κ2) is 9.80. The predicted octanol–water partition coefficient (Wildman–Crippen LogP) is 1.82. The van der Waals surface area contributed by atoms with E-state index in [1.807, 2.05) is 31.1 Å². The molecule has 0 atom stereocenters. The number of anilines is 2. The average molecular weight is 376 g/mol. The summed E-state index contributed by atoms with van der Waals surface area (Å²) in [5, 5.41) is 5.59. The summed E-state index contributed by atoms with van der Waals surface area (Å²) in [4.78, 5) is 39.4. The highest BCUT2D eigenvalue weighted by Crippen LogP contribution is 2.16. The van der Waals surface area contributed by atoms with Crippen molar-refractivity contribution in [3.05, 3.63) is 24.3 Å². The molecule has 0 aliphatic carbocycles. The van der Waals surface area contributed by atoms with Gasteiger partial charge in [0.15, 0.2) is 0 Å². The third-order valence-electron chi connectivity index (χ3n) is 4.37. The van der Waals surface area contributed by atoms with E-state index in [4.69, 9.17) is 4.74 Å². The third-order valence-corrected chi connectivity index (χ3v) is 4.37. The zero-order valence-electron chi connectivity index (χ0n) is 16.2. The lowest BCUT2D eigenvalue weighted by molar-refractivity contribution is -0.127. The first-order valence-corrected chi connectivity index (χ1v) is 9.17. The summed E-state index contributed by atoms with van der Waals surface area (Å²) in [6.45, 7) is 3.19. The summed E-state index contributed by atoms with van der Waals surface area (Å²) in [6, 6.07) is 7.36. The van der Waals surface area contributed by atoms with Crippen LogP contribution in [0.4, 0.5) is 16.2 Å². The number of likely N-dealkylation sites (tertiary alicyclic amines) is 1. The van der Waals surface area contributed by atoms with Gasteiger partial charge in [-0.05, 0) is 44.0 Å². The molecule has 1 aliphatic rings. The number of ether oxygens (including phenoxy) is 1. The van der Waals surface area contributed by atoms with E-state index >= 15 is 0 Å². The van der Waals surface area contributed by atoms with Gasteiger partial charge in [0.1, 0.15) is 6.42 Å². The van der Waals surface area contributed by atoms with E-state index in [2.05, 4.69) is 10.6 Å². The van der Waals surface area contributed by atoms with Gasteiger partial charge in [0.25, 0.3) is 0 Å². The topological polar surface area (TPSA) is 91.0 Å². The molecule has 1 aliphatic heterocycles. The number of amides is 3. The van der Waals surface area contributed by atoms with E-state index in [-0.39, 0.29) is 30.4 Å². The van der Waals surface area contributed by atoms with Gasteiger partial charge in [-0.1, -0.05) is 0 Å². The minimum absolute atomic E-state index is 0.0321. The number of carbonyl (C=O) groups excluding carboxylic acids is 3. The molecule has 2 rings (SSSR count). The van der Waals surface area contributed by atoms with Crippen molar-refractivity contribution in [1.29, 1.82) is 0 Å². The molecule has 1 aromatic rings. The molecule has 0 aromatic heterocycles. The van der Waals surface area contributed by atoms with Crippen molar-refractivity contribution in [3.8, 4) is 0 Å². The maximum absolute atomic E-state index is 12.1. The minimum atomic E-state index is -0.353. The summed E-state index contributed by atoms with van der Waals surface area (Å²) < 4.78 is 4.97. The molecule has 0 bridgehead atoms. The molecular weight excluding hydrogens is 348 g/mol. The van der Waals surface area contributed by atoms with Crippen LogP contribution in [0, 0.1) is 0 Å². The van der Waals surface area contributed by atoms with Gasteiger partial charge in [-0.2, -0.15) is 0 Å². The fraction of sp³-hybridized carbons (Fsp3) is 0.526. The number of piperidine rings is 1. The molecule has 27 heavy (non-hydrogen) atoms. The van der Waals surface area contributed by atoms with Crippen LogP contribution in [0.2, 0.25) is 0 Å². The second-order valence-electron chi connectivity index (χ2n) is 6.69. The fourth-order valence-electron chi connectivity index (χ4n) is 2.89. The molecule has 1 saturated heterocycles. The summed E-state index contributed by atoms with van der Waals surface area (Å²) in [6.07, 6.45) is 0.756. The zero-order valence-corrected chi connectivity index (χ0v) is 16.2. The molecular formula is C19H28N4O4. The number of hydrogen-bond donors (Lipinski definition) is 2. The highest BCUT2D eigenvalue weighted by Gasteiger charge is 2.25. The number of carbonyl (C=O) groups is 3. The maximum atomic E-state index is 12.1. The fourth-order valence-corrected chi connectivity index (χ4v) is 2.89. The van der Waals surface area contributed by atoms with Crippen LogP contribution in [0.3, 0.4) is 0 Å². The van der Waals surface area contributed by atoms with Gasteiger partial charge in [-0.25, -0.2) is 4.79 Å². The summed E-state index contributed by atoms with van der Waals surface area (Å²) in [5.74, 6) is -0.666. The molecule has 0 unspecified atom stereocenters. The highest BCUT2D eigenvalue weighted by molar-refractivity contribution is 6.03. The van der Waals surface area contributed by atoms with Crippen molar-refractivity contribution < 1.29 is 19.1 Å². The molecule has 148 valence electrons. The van der Waals surface area contributed by atoms with Gasteiger partial charge >= 0.3 is 6.09 Å². The van der Waals surface area contributed by atoms with E-state index in [0.29, 0.717) is 38.2 Å². The monoisotopic (exact) mass is 376 g/mol. The van der Waals surface area contributed by atoms with Crippen molar-refractivity contribution in [2.45, 2.75) is 32.2 Å². The average Bonchev–Trinajstić information content (AvgIpc) is 2.62. The van der Waals surface area contributed by atoms with E-state index in [0.717, 1.165) is 5.69 Å². The Balaban J connectivity index is 1.72. The van der Waals surface area contributed by atoms with Crippen molar-refractivity contribution in [3.63, 3.8) is 0 Å². The molecule has 0 saturated carbocycles. The van der Waals surface area contributed by atoms with Gasteiger partial charge < -0.3 is 25.2 Å². The lowest BCUT2D eigenvalue weighted by Crippen LogP contribution is -2.47. The Bertz CT molecular complexity index is 652. The number of benzene rings is 1. The van der Waals surface area contributed by atoms with Crippen LogP contribution < -0.4 is 15.5 Å². The first-order chi connectivity index (χ1) is 12.9. The quantitative estimate of drug-likeness (QED) is 0.739. The molecule has 1 fully saturated rings. The van der Waals surface area contributed by atoms with E-state index in [1.54, 1.807) is 24.0 Å². The Morgan fingerprint density at radius 2 is 1.74 bits per heavy atom. The normalized spacial score (nSPS) is 14.4. The number of hydrogen-bond acceptors (Lipinski definition) is 5. The summed E-state index contributed by atoms with van der Waals surface area (Å²) in [5.41, 5.74) is 1.68. The zero-order chi connectivity index (χ0) is 19.8. The largest absolute Gasteiger partial charge is 0.450 e. The van der Waals surface area contributed by atoms with Crippen molar-refractivity contribution >= 4 is 29.3 Å². The Kier molecular flexibility index (Phi) is 7.45. The number of nitrogens with zero attached hydrogens (tertiary/aromatic N) is 2. The molecule has 1 heterocycles. The van der Waals surface area contributed by atoms with Gasteiger partial charge in [0, 0.05) is 44.6 Å². The first kappa shape index (κ1) is 20.5. The standard InChI is InChI=1S/C19H28N4O4/c1-4-27-19(26)23-11-9-15(10-12-23)21-18(25)13-17(24)20-14-5-7-16(8-6-14)22(2)3/h5-8,15H,4,9-13H2,1-3H3,(H,20,24)(H,21,25). The van der Waals surface area contributed by atoms with E-state index in [1.165, 1.54) is 0 Å². The lowest BCUT2D eigenvalue weighted by atomic mass is 10.1. The summed E-state index contributed by atoms with van der Waals surface area (Å²) >= 11 is 0. The SMILES string of the molecule is CCOC(=O)N1CCC(NC(=O)CC(=O)Nc2ccc(N(C)C)cc2)CC1. The van der Waals surface area contributed by atoms with Crippen LogP contribution >= 0.6 is 0 Å². The Hall–Kier alpha value is -2.77. The molecule has 8 nitrogen and oxygen atoms in total. The van der Waals surface area contributed by atoms with Crippen molar-refractivity contribution in [1.82, 2.24) is 10.2 Å². The Morgan fingerprint density at radius 3 is 2.30 bits per heavy atom. The predicted molar refractivity (Wildman–Crippen MR) is 104 cm³/mol. The number of nitrogens with one attached hydrogen (secondary N) is 2. The molecule has 3 amide bonds.